The largest absolute Gasteiger partial charge is 0.507 e. The number of phenolic OH excluding ortho intramolecular Hbond substituents is 1. The first kappa shape index (κ1) is 15.6. The zero-order valence-corrected chi connectivity index (χ0v) is 12.8. The predicted molar refractivity (Wildman–Crippen MR) is 85.8 cm³/mol. The summed E-state index contributed by atoms with van der Waals surface area (Å²) in [7, 11) is 3.13. The van der Waals surface area contributed by atoms with Gasteiger partial charge in [-0.05, 0) is 43.3 Å². The molecule has 2 aromatic rings. The number of allylic oxidation sites excluding steroid dienone is 1. The van der Waals surface area contributed by atoms with Crippen molar-refractivity contribution in [2.45, 2.75) is 6.92 Å². The van der Waals surface area contributed by atoms with Gasteiger partial charge in [-0.25, -0.2) is 0 Å². The van der Waals surface area contributed by atoms with Gasteiger partial charge < -0.3 is 14.6 Å². The first-order valence-electron chi connectivity index (χ1n) is 6.79. The van der Waals surface area contributed by atoms with Crippen molar-refractivity contribution in [2.24, 2.45) is 0 Å². The molecule has 0 saturated heterocycles. The second-order valence-corrected chi connectivity index (χ2v) is 4.83. The second kappa shape index (κ2) is 6.80. The van der Waals surface area contributed by atoms with E-state index in [9.17, 15) is 9.90 Å². The topological polar surface area (TPSA) is 55.8 Å². The zero-order valence-electron chi connectivity index (χ0n) is 12.8. The summed E-state index contributed by atoms with van der Waals surface area (Å²) in [5.74, 6) is 0.995. The van der Waals surface area contributed by atoms with E-state index >= 15 is 0 Å². The van der Waals surface area contributed by atoms with Gasteiger partial charge in [0.1, 0.15) is 17.2 Å². The molecule has 114 valence electrons. The molecule has 2 aromatic carbocycles. The summed E-state index contributed by atoms with van der Waals surface area (Å²) in [6.45, 7) is 1.87. The van der Waals surface area contributed by atoms with E-state index < -0.39 is 0 Å². The van der Waals surface area contributed by atoms with Gasteiger partial charge in [-0.3, -0.25) is 4.79 Å². The van der Waals surface area contributed by atoms with Crippen LogP contribution >= 0.6 is 0 Å². The maximum atomic E-state index is 12.2. The molecule has 0 spiro atoms. The summed E-state index contributed by atoms with van der Waals surface area (Å²) in [6.07, 6.45) is 3.07. The predicted octanol–water partition coefficient (Wildman–Crippen LogP) is 3.61. The van der Waals surface area contributed by atoms with Crippen molar-refractivity contribution < 1.29 is 19.4 Å². The molecule has 4 heteroatoms. The highest BCUT2D eigenvalue weighted by atomic mass is 16.5. The number of hydrogen-bond acceptors (Lipinski definition) is 4. The fourth-order valence-electron chi connectivity index (χ4n) is 2.06. The fourth-order valence-corrected chi connectivity index (χ4v) is 2.06. The lowest BCUT2D eigenvalue weighted by Gasteiger charge is -2.07. The smallest absolute Gasteiger partial charge is 0.189 e. The Morgan fingerprint density at radius 3 is 2.55 bits per heavy atom. The quantitative estimate of drug-likeness (QED) is 0.676. The van der Waals surface area contributed by atoms with Crippen LogP contribution in [0, 0.1) is 6.92 Å². The number of ether oxygens (including phenoxy) is 2. The third kappa shape index (κ3) is 3.47. The van der Waals surface area contributed by atoms with E-state index in [0.717, 1.165) is 11.1 Å². The van der Waals surface area contributed by atoms with Crippen molar-refractivity contribution in [2.75, 3.05) is 14.2 Å². The van der Waals surface area contributed by atoms with Crippen LogP contribution in [0.2, 0.25) is 0 Å². The molecule has 0 aliphatic rings. The lowest BCUT2D eigenvalue weighted by Crippen LogP contribution is -1.96. The monoisotopic (exact) mass is 298 g/mol. The maximum absolute atomic E-state index is 12.2. The second-order valence-electron chi connectivity index (χ2n) is 4.83. The molecule has 0 radical (unpaired) electrons. The first-order valence-corrected chi connectivity index (χ1v) is 6.79. The normalized spacial score (nSPS) is 10.7. The van der Waals surface area contributed by atoms with Crippen LogP contribution in [0.15, 0.2) is 42.5 Å². The lowest BCUT2D eigenvalue weighted by molar-refractivity contribution is 0.104. The van der Waals surface area contributed by atoms with Crippen molar-refractivity contribution >= 4 is 11.9 Å². The van der Waals surface area contributed by atoms with E-state index in [2.05, 4.69) is 0 Å². The van der Waals surface area contributed by atoms with Crippen LogP contribution in [0.3, 0.4) is 0 Å². The molecule has 0 aliphatic heterocycles. The van der Waals surface area contributed by atoms with Crippen molar-refractivity contribution in [1.82, 2.24) is 0 Å². The van der Waals surface area contributed by atoms with Crippen LogP contribution in [-0.2, 0) is 0 Å². The molecule has 0 aliphatic carbocycles. The Morgan fingerprint density at radius 2 is 1.86 bits per heavy atom. The minimum atomic E-state index is -0.265. The van der Waals surface area contributed by atoms with Gasteiger partial charge in [-0.1, -0.05) is 11.6 Å². The molecule has 2 rings (SSSR count). The molecular formula is C18H18O4. The van der Waals surface area contributed by atoms with Gasteiger partial charge in [0, 0.05) is 11.6 Å². The molecule has 1 N–H and O–H groups in total. The molecule has 4 nitrogen and oxygen atoms in total. The van der Waals surface area contributed by atoms with Gasteiger partial charge in [0.25, 0.3) is 0 Å². The highest BCUT2D eigenvalue weighted by Gasteiger charge is 2.09. The van der Waals surface area contributed by atoms with Crippen molar-refractivity contribution in [3.63, 3.8) is 0 Å². The summed E-state index contributed by atoms with van der Waals surface area (Å²) in [5.41, 5.74) is 1.95. The average molecular weight is 298 g/mol. The summed E-state index contributed by atoms with van der Waals surface area (Å²) in [4.78, 5) is 12.2. The fraction of sp³-hybridized carbons (Fsp3) is 0.167. The summed E-state index contributed by atoms with van der Waals surface area (Å²) in [5, 5.41) is 9.78. The van der Waals surface area contributed by atoms with Gasteiger partial charge in [-0.15, -0.1) is 0 Å². The summed E-state index contributed by atoms with van der Waals surface area (Å²) in [6, 6.07) is 10.3. The van der Waals surface area contributed by atoms with Crippen molar-refractivity contribution in [3.05, 3.63) is 59.2 Å². The number of aromatic hydroxyl groups is 1. The van der Waals surface area contributed by atoms with Crippen molar-refractivity contribution in [3.8, 4) is 17.2 Å². The minimum Gasteiger partial charge on any atom is -0.507 e. The van der Waals surface area contributed by atoms with E-state index in [4.69, 9.17) is 9.47 Å². The Hall–Kier alpha value is -2.75. The number of phenols is 1. The molecule has 0 aromatic heterocycles. The van der Waals surface area contributed by atoms with E-state index in [-0.39, 0.29) is 17.1 Å². The van der Waals surface area contributed by atoms with Crippen LogP contribution < -0.4 is 9.47 Å². The van der Waals surface area contributed by atoms with E-state index in [1.54, 1.807) is 50.6 Å². The number of methoxy groups -OCH3 is 2. The summed E-state index contributed by atoms with van der Waals surface area (Å²) < 4.78 is 10.4. The number of ketones is 1. The lowest BCUT2D eigenvalue weighted by atomic mass is 10.1. The summed E-state index contributed by atoms with van der Waals surface area (Å²) >= 11 is 0. The van der Waals surface area contributed by atoms with Crippen LogP contribution in [0.25, 0.3) is 6.08 Å². The average Bonchev–Trinajstić information content (AvgIpc) is 2.54. The third-order valence-corrected chi connectivity index (χ3v) is 3.27. The number of benzene rings is 2. The molecule has 0 amide bonds. The Labute approximate surface area is 129 Å². The van der Waals surface area contributed by atoms with Gasteiger partial charge in [0.15, 0.2) is 5.78 Å². The zero-order chi connectivity index (χ0) is 16.1. The molecule has 0 fully saturated rings. The third-order valence-electron chi connectivity index (χ3n) is 3.27. The van der Waals surface area contributed by atoms with Gasteiger partial charge in [-0.2, -0.15) is 0 Å². The number of aryl methyl sites for hydroxylation is 1. The molecular weight excluding hydrogens is 280 g/mol. The Bertz CT molecular complexity index is 717. The maximum Gasteiger partial charge on any atom is 0.189 e. The van der Waals surface area contributed by atoms with Crippen LogP contribution in [-0.4, -0.2) is 25.1 Å². The van der Waals surface area contributed by atoms with Crippen molar-refractivity contribution in [1.29, 1.82) is 0 Å². The molecule has 0 saturated carbocycles. The van der Waals surface area contributed by atoms with Gasteiger partial charge in [0.2, 0.25) is 0 Å². The SMILES string of the molecule is COc1ccc(/C=C/C(=O)c2cc(C)ccc2O)c(OC)c1. The Kier molecular flexibility index (Phi) is 4.84. The first-order chi connectivity index (χ1) is 10.5. The molecule has 0 unspecified atom stereocenters. The number of carbonyl (C=O) groups excluding carboxylic acids is 1. The Balaban J connectivity index is 2.28. The van der Waals surface area contributed by atoms with Crippen LogP contribution in [0.5, 0.6) is 17.2 Å². The number of rotatable bonds is 5. The van der Waals surface area contributed by atoms with E-state index in [1.807, 2.05) is 6.92 Å². The molecule has 22 heavy (non-hydrogen) atoms. The van der Waals surface area contributed by atoms with Crippen LogP contribution in [0.1, 0.15) is 21.5 Å². The standard InChI is InChI=1S/C18H18O4/c1-12-4-8-16(19)15(10-12)17(20)9-6-13-5-7-14(21-2)11-18(13)22-3/h4-11,19H,1-3H3/b9-6+. The molecule has 0 atom stereocenters. The molecule has 0 bridgehead atoms. The van der Waals surface area contributed by atoms with Gasteiger partial charge >= 0.3 is 0 Å². The number of hydrogen-bond donors (Lipinski definition) is 1. The minimum absolute atomic E-state index is 0.0260. The van der Waals surface area contributed by atoms with Gasteiger partial charge in [0.05, 0.1) is 19.8 Å². The van der Waals surface area contributed by atoms with E-state index in [0.29, 0.717) is 11.5 Å². The highest BCUT2D eigenvalue weighted by molar-refractivity contribution is 6.08. The molecule has 0 heterocycles. The number of carbonyl (C=O) groups is 1. The van der Waals surface area contributed by atoms with Crippen LogP contribution in [0.4, 0.5) is 0 Å². The Morgan fingerprint density at radius 1 is 1.09 bits per heavy atom. The highest BCUT2D eigenvalue weighted by Crippen LogP contribution is 2.26. The van der Waals surface area contributed by atoms with E-state index in [1.165, 1.54) is 12.1 Å².